The molecule has 0 saturated heterocycles. The molecule has 1 heterocycles. The Labute approximate surface area is 158 Å². The Morgan fingerprint density at radius 2 is 1.93 bits per heavy atom. The van der Waals surface area contributed by atoms with E-state index in [1.54, 1.807) is 7.11 Å². The van der Waals surface area contributed by atoms with Crippen molar-refractivity contribution in [1.29, 1.82) is 5.26 Å². The van der Waals surface area contributed by atoms with Gasteiger partial charge in [-0.1, -0.05) is 0 Å². The highest BCUT2D eigenvalue weighted by molar-refractivity contribution is 6.03. The van der Waals surface area contributed by atoms with E-state index in [1.807, 2.05) is 54.8 Å². The number of nitriles is 1. The normalized spacial score (nSPS) is 12.2. The number of nitrogens with two attached hydrogens (primary N) is 1. The third kappa shape index (κ3) is 4.36. The molecule has 27 heavy (non-hydrogen) atoms. The first-order valence-electron chi connectivity index (χ1n) is 8.33. The van der Waals surface area contributed by atoms with Gasteiger partial charge in [0.2, 0.25) is 5.91 Å². The molecule has 2 aromatic rings. The number of carbonyl (C=O) groups is 2. The van der Waals surface area contributed by atoms with Gasteiger partial charge >= 0.3 is 0 Å². The van der Waals surface area contributed by atoms with Gasteiger partial charge in [-0.05, 0) is 62.7 Å². The van der Waals surface area contributed by atoms with Crippen LogP contribution in [0.2, 0.25) is 0 Å². The average molecular weight is 366 g/mol. The Hall–Kier alpha value is -3.53. The largest absolute Gasteiger partial charge is 0.497 e. The van der Waals surface area contributed by atoms with Crippen molar-refractivity contribution in [1.82, 2.24) is 9.88 Å². The number of amides is 2. The number of nitrogens with one attached hydrogen (secondary N) is 1. The number of primary amides is 1. The van der Waals surface area contributed by atoms with Crippen LogP contribution in [0.1, 0.15) is 23.9 Å². The van der Waals surface area contributed by atoms with Gasteiger partial charge in [-0.25, -0.2) is 0 Å². The zero-order chi connectivity index (χ0) is 20.1. The van der Waals surface area contributed by atoms with Crippen molar-refractivity contribution in [3.05, 3.63) is 52.9 Å². The molecule has 0 aliphatic carbocycles. The monoisotopic (exact) mass is 366 g/mol. The number of aromatic nitrogens is 1. The van der Waals surface area contributed by atoms with E-state index in [-0.39, 0.29) is 5.57 Å². The second-order valence-electron chi connectivity index (χ2n) is 6.13. The highest BCUT2D eigenvalue weighted by atomic mass is 16.5. The summed E-state index contributed by atoms with van der Waals surface area (Å²) in [5, 5.41) is 11.7. The van der Waals surface area contributed by atoms with Gasteiger partial charge in [-0.2, -0.15) is 5.26 Å². The van der Waals surface area contributed by atoms with Crippen LogP contribution in [0.25, 0.3) is 11.8 Å². The molecule has 1 aromatic carbocycles. The van der Waals surface area contributed by atoms with Gasteiger partial charge in [0.15, 0.2) is 0 Å². The van der Waals surface area contributed by atoms with Gasteiger partial charge in [-0.15, -0.1) is 0 Å². The Bertz CT molecular complexity index is 933. The van der Waals surface area contributed by atoms with E-state index in [9.17, 15) is 14.9 Å². The molecule has 7 nitrogen and oxygen atoms in total. The minimum absolute atomic E-state index is 0.0990. The maximum absolute atomic E-state index is 12.2. The van der Waals surface area contributed by atoms with E-state index < -0.39 is 17.9 Å². The second-order valence-corrected chi connectivity index (χ2v) is 6.13. The van der Waals surface area contributed by atoms with E-state index in [2.05, 4.69) is 5.32 Å². The zero-order valence-electron chi connectivity index (χ0n) is 15.7. The lowest BCUT2D eigenvalue weighted by Crippen LogP contribution is -2.42. The molecular formula is C20H22N4O3. The molecule has 1 unspecified atom stereocenters. The summed E-state index contributed by atoms with van der Waals surface area (Å²) in [6.07, 6.45) is 1.51. The topological polar surface area (TPSA) is 110 Å². The number of benzene rings is 1. The summed E-state index contributed by atoms with van der Waals surface area (Å²) in [6.45, 7) is 5.31. The van der Waals surface area contributed by atoms with Gasteiger partial charge in [0, 0.05) is 17.1 Å². The van der Waals surface area contributed by atoms with Crippen LogP contribution in [0.5, 0.6) is 5.75 Å². The van der Waals surface area contributed by atoms with E-state index in [4.69, 9.17) is 10.5 Å². The predicted molar refractivity (Wildman–Crippen MR) is 102 cm³/mol. The number of rotatable bonds is 6. The summed E-state index contributed by atoms with van der Waals surface area (Å²) >= 11 is 0. The highest BCUT2D eigenvalue weighted by Gasteiger charge is 2.17. The van der Waals surface area contributed by atoms with Gasteiger partial charge in [-0.3, -0.25) is 9.59 Å². The highest BCUT2D eigenvalue weighted by Crippen LogP contribution is 2.24. The molecule has 2 amide bonds. The first kappa shape index (κ1) is 19.8. The van der Waals surface area contributed by atoms with Crippen molar-refractivity contribution in [3.8, 4) is 17.5 Å². The van der Waals surface area contributed by atoms with Crippen molar-refractivity contribution in [3.63, 3.8) is 0 Å². The summed E-state index contributed by atoms with van der Waals surface area (Å²) in [5.41, 5.74) is 8.55. The number of aryl methyl sites for hydroxylation is 1. The standard InChI is InChI=1S/C20H22N4O3/c1-12-9-15(10-16(11-21)20(26)23-13(2)19(22)25)14(3)24(12)17-5-7-18(27-4)8-6-17/h5-10,13H,1-4H3,(H2,22,25)(H,23,26)/b16-10+. The van der Waals surface area contributed by atoms with E-state index in [0.29, 0.717) is 0 Å². The molecule has 140 valence electrons. The maximum atomic E-state index is 12.2. The molecule has 0 saturated carbocycles. The zero-order valence-corrected chi connectivity index (χ0v) is 15.7. The molecule has 0 bridgehead atoms. The van der Waals surface area contributed by atoms with Crippen LogP contribution in [-0.4, -0.2) is 29.5 Å². The first-order chi connectivity index (χ1) is 12.8. The average Bonchev–Trinajstić information content (AvgIpc) is 2.92. The number of carbonyl (C=O) groups excluding carboxylic acids is 2. The maximum Gasteiger partial charge on any atom is 0.262 e. The van der Waals surface area contributed by atoms with Gasteiger partial charge in [0.1, 0.15) is 23.4 Å². The van der Waals surface area contributed by atoms with Gasteiger partial charge in [0.25, 0.3) is 5.91 Å². The Kier molecular flexibility index (Phi) is 6.03. The molecule has 0 aliphatic heterocycles. The lowest BCUT2D eigenvalue weighted by atomic mass is 10.1. The summed E-state index contributed by atoms with van der Waals surface area (Å²) in [5.74, 6) is -0.551. The first-order valence-corrected chi connectivity index (χ1v) is 8.33. The summed E-state index contributed by atoms with van der Waals surface area (Å²) in [7, 11) is 1.61. The van der Waals surface area contributed by atoms with Crippen LogP contribution >= 0.6 is 0 Å². The molecule has 0 aliphatic rings. The fraction of sp³-hybridized carbons (Fsp3) is 0.250. The van der Waals surface area contributed by atoms with E-state index >= 15 is 0 Å². The van der Waals surface area contributed by atoms with Crippen molar-refractivity contribution < 1.29 is 14.3 Å². The van der Waals surface area contributed by atoms with Crippen molar-refractivity contribution in [2.45, 2.75) is 26.8 Å². The molecule has 7 heteroatoms. The summed E-state index contributed by atoms with van der Waals surface area (Å²) in [6, 6.07) is 10.5. The van der Waals surface area contributed by atoms with Crippen LogP contribution in [0.4, 0.5) is 0 Å². The minimum Gasteiger partial charge on any atom is -0.497 e. The number of hydrogen-bond donors (Lipinski definition) is 2. The molecule has 0 fully saturated rings. The predicted octanol–water partition coefficient (Wildman–Crippen LogP) is 2.00. The van der Waals surface area contributed by atoms with Crippen molar-refractivity contribution >= 4 is 17.9 Å². The fourth-order valence-electron chi connectivity index (χ4n) is 2.71. The summed E-state index contributed by atoms with van der Waals surface area (Å²) in [4.78, 5) is 23.3. The van der Waals surface area contributed by atoms with Crippen LogP contribution in [0.15, 0.2) is 35.9 Å². The quantitative estimate of drug-likeness (QED) is 0.602. The molecule has 2 rings (SSSR count). The Morgan fingerprint density at radius 1 is 1.30 bits per heavy atom. The van der Waals surface area contributed by atoms with E-state index in [1.165, 1.54) is 13.0 Å². The van der Waals surface area contributed by atoms with Crippen LogP contribution in [0, 0.1) is 25.2 Å². The summed E-state index contributed by atoms with van der Waals surface area (Å²) < 4.78 is 7.20. The number of nitrogens with zero attached hydrogens (tertiary/aromatic N) is 2. The lowest BCUT2D eigenvalue weighted by molar-refractivity contribution is -0.124. The number of hydrogen-bond acceptors (Lipinski definition) is 4. The lowest BCUT2D eigenvalue weighted by Gasteiger charge is -2.11. The van der Waals surface area contributed by atoms with Crippen LogP contribution in [0.3, 0.4) is 0 Å². The smallest absolute Gasteiger partial charge is 0.262 e. The van der Waals surface area contributed by atoms with E-state index in [0.717, 1.165) is 28.4 Å². The number of ether oxygens (including phenoxy) is 1. The second kappa shape index (κ2) is 8.23. The SMILES string of the molecule is COc1ccc(-n2c(C)cc(/C=C(\C#N)C(=O)NC(C)C(N)=O)c2C)cc1. The molecule has 0 radical (unpaired) electrons. The Balaban J connectivity index is 2.38. The molecular weight excluding hydrogens is 344 g/mol. The molecule has 1 aromatic heterocycles. The van der Waals surface area contributed by atoms with Crippen molar-refractivity contribution in [2.24, 2.45) is 5.73 Å². The van der Waals surface area contributed by atoms with Gasteiger partial charge < -0.3 is 20.4 Å². The molecule has 0 spiro atoms. The number of methoxy groups -OCH3 is 1. The Morgan fingerprint density at radius 3 is 2.44 bits per heavy atom. The van der Waals surface area contributed by atoms with Gasteiger partial charge in [0.05, 0.1) is 7.11 Å². The third-order valence-electron chi connectivity index (χ3n) is 4.24. The fourth-order valence-corrected chi connectivity index (χ4v) is 2.71. The van der Waals surface area contributed by atoms with Crippen molar-refractivity contribution in [2.75, 3.05) is 7.11 Å². The van der Waals surface area contributed by atoms with Crippen LogP contribution < -0.4 is 15.8 Å². The minimum atomic E-state index is -0.860. The third-order valence-corrected chi connectivity index (χ3v) is 4.24. The molecule has 1 atom stereocenters. The van der Waals surface area contributed by atoms with Crippen LogP contribution in [-0.2, 0) is 9.59 Å². The molecule has 3 N–H and O–H groups in total.